The third-order valence-electron chi connectivity index (χ3n) is 5.39. The van der Waals surface area contributed by atoms with Gasteiger partial charge in [0.2, 0.25) is 0 Å². The van der Waals surface area contributed by atoms with E-state index < -0.39 is 5.60 Å². The van der Waals surface area contributed by atoms with Crippen LogP contribution in [0.5, 0.6) is 0 Å². The first-order valence-electron chi connectivity index (χ1n) is 9.62. The number of likely N-dealkylation sites (tertiary alicyclic amines) is 1. The average molecular weight is 344 g/mol. The van der Waals surface area contributed by atoms with Crippen LogP contribution in [-0.2, 0) is 4.74 Å². The third-order valence-corrected chi connectivity index (χ3v) is 5.39. The van der Waals surface area contributed by atoms with Crippen LogP contribution in [0.4, 0.5) is 4.79 Å². The van der Waals surface area contributed by atoms with Crippen molar-refractivity contribution in [3.8, 4) is 0 Å². The van der Waals surface area contributed by atoms with Crippen molar-refractivity contribution in [2.24, 2.45) is 5.92 Å². The minimum absolute atomic E-state index is 0.169. The van der Waals surface area contributed by atoms with Gasteiger partial charge in [0.15, 0.2) is 0 Å². The van der Waals surface area contributed by atoms with Crippen LogP contribution in [0.25, 0.3) is 0 Å². The molecule has 1 aromatic rings. The summed E-state index contributed by atoms with van der Waals surface area (Å²) in [4.78, 5) is 14.0. The number of nitrogens with one attached hydrogen (secondary N) is 1. The van der Waals surface area contributed by atoms with Gasteiger partial charge in [0.1, 0.15) is 5.60 Å². The molecule has 3 rings (SSSR count). The Labute approximate surface area is 151 Å². The molecule has 1 amide bonds. The Bertz CT molecular complexity index is 573. The third kappa shape index (κ3) is 4.97. The van der Waals surface area contributed by atoms with Gasteiger partial charge >= 0.3 is 6.09 Å². The topological polar surface area (TPSA) is 41.6 Å². The van der Waals surface area contributed by atoms with E-state index in [0.717, 1.165) is 25.9 Å². The van der Waals surface area contributed by atoms with Gasteiger partial charge < -0.3 is 15.0 Å². The SMILES string of the molecule is CC(NC1C[C@@H]1c1ccccc1)C1CCN(C(=O)OC(C)(C)C)CC1. The first-order chi connectivity index (χ1) is 11.8. The zero-order chi connectivity index (χ0) is 18.0. The molecular weight excluding hydrogens is 312 g/mol. The Hall–Kier alpha value is -1.55. The number of ether oxygens (including phenoxy) is 1. The number of nitrogens with zero attached hydrogens (tertiary/aromatic N) is 1. The molecule has 1 aliphatic carbocycles. The molecule has 2 unspecified atom stereocenters. The van der Waals surface area contributed by atoms with Crippen molar-refractivity contribution in [3.05, 3.63) is 35.9 Å². The van der Waals surface area contributed by atoms with Gasteiger partial charge in [-0.15, -0.1) is 0 Å². The monoisotopic (exact) mass is 344 g/mol. The number of piperidine rings is 1. The van der Waals surface area contributed by atoms with E-state index in [1.54, 1.807) is 0 Å². The molecule has 138 valence electrons. The lowest BCUT2D eigenvalue weighted by atomic mass is 9.90. The molecule has 1 saturated heterocycles. The number of hydrogen-bond acceptors (Lipinski definition) is 3. The second-order valence-electron chi connectivity index (χ2n) is 8.62. The fourth-order valence-corrected chi connectivity index (χ4v) is 3.83. The quantitative estimate of drug-likeness (QED) is 0.891. The molecule has 0 spiro atoms. The van der Waals surface area contributed by atoms with Crippen molar-refractivity contribution < 1.29 is 9.53 Å². The summed E-state index contributed by atoms with van der Waals surface area (Å²) in [5.74, 6) is 1.31. The fourth-order valence-electron chi connectivity index (χ4n) is 3.83. The predicted octanol–water partition coefficient (Wildman–Crippen LogP) is 4.17. The van der Waals surface area contributed by atoms with E-state index in [-0.39, 0.29) is 6.09 Å². The maximum atomic E-state index is 12.2. The van der Waals surface area contributed by atoms with Crippen LogP contribution >= 0.6 is 0 Å². The van der Waals surface area contributed by atoms with E-state index >= 15 is 0 Å². The summed E-state index contributed by atoms with van der Waals surface area (Å²) in [7, 11) is 0. The van der Waals surface area contributed by atoms with Gasteiger partial charge in [0.25, 0.3) is 0 Å². The van der Waals surface area contributed by atoms with Gasteiger partial charge in [0.05, 0.1) is 0 Å². The van der Waals surface area contributed by atoms with E-state index in [2.05, 4.69) is 42.6 Å². The highest BCUT2D eigenvalue weighted by Gasteiger charge is 2.40. The van der Waals surface area contributed by atoms with Crippen LogP contribution in [0.1, 0.15) is 58.4 Å². The minimum Gasteiger partial charge on any atom is -0.444 e. The van der Waals surface area contributed by atoms with Gasteiger partial charge in [0, 0.05) is 31.1 Å². The molecule has 0 aromatic heterocycles. The Morgan fingerprint density at radius 3 is 2.44 bits per heavy atom. The summed E-state index contributed by atoms with van der Waals surface area (Å²) in [5.41, 5.74) is 1.04. The standard InChI is InChI=1S/C21H32N2O2/c1-15(22-19-14-18(19)17-8-6-5-7-9-17)16-10-12-23(13-11-16)20(24)25-21(2,3)4/h5-9,15-16,18-19,22H,10-14H2,1-4H3/t15?,18-,19?/m1/s1. The molecule has 2 fully saturated rings. The molecule has 4 heteroatoms. The first kappa shape index (κ1) is 18.2. The molecule has 0 bridgehead atoms. The smallest absolute Gasteiger partial charge is 0.410 e. The number of carbonyl (C=O) groups excluding carboxylic acids is 1. The van der Waals surface area contributed by atoms with Crippen molar-refractivity contribution in [1.82, 2.24) is 10.2 Å². The lowest BCUT2D eigenvalue weighted by molar-refractivity contribution is 0.0171. The number of amides is 1. The van der Waals surface area contributed by atoms with E-state index in [0.29, 0.717) is 23.9 Å². The first-order valence-corrected chi connectivity index (χ1v) is 9.62. The summed E-state index contributed by atoms with van der Waals surface area (Å²) in [6.07, 6.45) is 3.18. The Balaban J connectivity index is 1.42. The summed E-state index contributed by atoms with van der Waals surface area (Å²) >= 11 is 0. The highest BCUT2D eigenvalue weighted by molar-refractivity contribution is 5.68. The van der Waals surface area contributed by atoms with E-state index in [1.807, 2.05) is 25.7 Å². The van der Waals surface area contributed by atoms with Gasteiger partial charge in [-0.05, 0) is 58.4 Å². The molecule has 2 aliphatic rings. The summed E-state index contributed by atoms with van der Waals surface area (Å²) < 4.78 is 5.48. The fraction of sp³-hybridized carbons (Fsp3) is 0.667. The van der Waals surface area contributed by atoms with Crippen molar-refractivity contribution in [2.75, 3.05) is 13.1 Å². The van der Waals surface area contributed by atoms with Crippen molar-refractivity contribution >= 4 is 6.09 Å². The second kappa shape index (κ2) is 7.36. The molecule has 1 N–H and O–H groups in total. The summed E-state index contributed by atoms with van der Waals surface area (Å²) in [6.45, 7) is 9.66. The number of carbonyl (C=O) groups is 1. The molecule has 0 radical (unpaired) electrons. The van der Waals surface area contributed by atoms with Gasteiger partial charge in [-0.1, -0.05) is 30.3 Å². The molecule has 4 nitrogen and oxygen atoms in total. The van der Waals surface area contributed by atoms with Gasteiger partial charge in [-0.3, -0.25) is 0 Å². The molecule has 1 saturated carbocycles. The maximum Gasteiger partial charge on any atom is 0.410 e. The van der Waals surface area contributed by atoms with Crippen LogP contribution in [0.3, 0.4) is 0 Å². The molecule has 1 aliphatic heterocycles. The molecule has 1 heterocycles. The minimum atomic E-state index is -0.415. The maximum absolute atomic E-state index is 12.2. The Morgan fingerprint density at radius 1 is 1.20 bits per heavy atom. The molecule has 25 heavy (non-hydrogen) atoms. The second-order valence-corrected chi connectivity index (χ2v) is 8.62. The van der Waals surface area contributed by atoms with Crippen LogP contribution in [0, 0.1) is 5.92 Å². The highest BCUT2D eigenvalue weighted by atomic mass is 16.6. The lowest BCUT2D eigenvalue weighted by Crippen LogP contribution is -2.46. The molecule has 1 aromatic carbocycles. The van der Waals surface area contributed by atoms with Crippen molar-refractivity contribution in [2.45, 2.75) is 70.6 Å². The number of rotatable bonds is 4. The Kier molecular flexibility index (Phi) is 5.38. The number of benzene rings is 1. The summed E-state index contributed by atoms with van der Waals surface area (Å²) in [6, 6.07) is 11.9. The average Bonchev–Trinajstić information content (AvgIpc) is 3.33. The largest absolute Gasteiger partial charge is 0.444 e. The van der Waals surface area contributed by atoms with Crippen molar-refractivity contribution in [1.29, 1.82) is 0 Å². The number of hydrogen-bond donors (Lipinski definition) is 1. The summed E-state index contributed by atoms with van der Waals surface area (Å²) in [5, 5.41) is 3.82. The Morgan fingerprint density at radius 2 is 1.84 bits per heavy atom. The predicted molar refractivity (Wildman–Crippen MR) is 101 cm³/mol. The normalized spacial score (nSPS) is 25.5. The van der Waals surface area contributed by atoms with E-state index in [1.165, 1.54) is 12.0 Å². The van der Waals surface area contributed by atoms with Gasteiger partial charge in [-0.2, -0.15) is 0 Å². The van der Waals surface area contributed by atoms with E-state index in [4.69, 9.17) is 4.74 Å². The van der Waals surface area contributed by atoms with Crippen molar-refractivity contribution in [3.63, 3.8) is 0 Å². The van der Waals surface area contributed by atoms with Gasteiger partial charge in [-0.25, -0.2) is 4.79 Å². The zero-order valence-electron chi connectivity index (χ0n) is 16.0. The highest BCUT2D eigenvalue weighted by Crippen LogP contribution is 2.41. The van der Waals surface area contributed by atoms with Crippen LogP contribution in [-0.4, -0.2) is 41.8 Å². The van der Waals surface area contributed by atoms with E-state index in [9.17, 15) is 4.79 Å². The van der Waals surface area contributed by atoms with Crippen LogP contribution in [0.2, 0.25) is 0 Å². The molecule has 3 atom stereocenters. The van der Waals surface area contributed by atoms with Crippen LogP contribution < -0.4 is 5.32 Å². The zero-order valence-corrected chi connectivity index (χ0v) is 16.0. The molecular formula is C21H32N2O2. The van der Waals surface area contributed by atoms with Crippen LogP contribution in [0.15, 0.2) is 30.3 Å². The lowest BCUT2D eigenvalue weighted by Gasteiger charge is -2.36.